The van der Waals surface area contributed by atoms with E-state index in [-0.39, 0.29) is 0 Å². The molecule has 3 aliphatic carbocycles. The van der Waals surface area contributed by atoms with Gasteiger partial charge in [-0.2, -0.15) is 0 Å². The van der Waals surface area contributed by atoms with Gasteiger partial charge in [-0.25, -0.2) is 0 Å². The molecule has 2 bridgehead atoms. The molecule has 0 saturated heterocycles. The molecular formula is C19H27N. The summed E-state index contributed by atoms with van der Waals surface area (Å²) in [5, 5.41) is 3.81. The van der Waals surface area contributed by atoms with Crippen molar-refractivity contribution in [3.05, 3.63) is 35.4 Å². The molecule has 0 aliphatic heterocycles. The molecule has 2 saturated carbocycles. The molecule has 1 nitrogen and oxygen atoms in total. The second-order valence-corrected chi connectivity index (χ2v) is 7.34. The van der Waals surface area contributed by atoms with Crippen LogP contribution < -0.4 is 5.32 Å². The topological polar surface area (TPSA) is 12.0 Å². The number of hydrogen-bond acceptors (Lipinski definition) is 1. The monoisotopic (exact) mass is 269 g/mol. The molecule has 5 atom stereocenters. The van der Waals surface area contributed by atoms with E-state index in [1.54, 1.807) is 17.5 Å². The van der Waals surface area contributed by atoms with Crippen LogP contribution in [0.3, 0.4) is 0 Å². The summed E-state index contributed by atoms with van der Waals surface area (Å²) < 4.78 is 0. The first kappa shape index (κ1) is 12.9. The lowest BCUT2D eigenvalue weighted by Crippen LogP contribution is -2.41. The zero-order chi connectivity index (χ0) is 13.5. The lowest BCUT2D eigenvalue weighted by atomic mass is 9.70. The summed E-state index contributed by atoms with van der Waals surface area (Å²) in [6.45, 7) is 3.38. The van der Waals surface area contributed by atoms with Crippen LogP contribution in [0.25, 0.3) is 0 Å². The summed E-state index contributed by atoms with van der Waals surface area (Å²) >= 11 is 0. The van der Waals surface area contributed by atoms with Gasteiger partial charge in [0.25, 0.3) is 0 Å². The van der Waals surface area contributed by atoms with Crippen LogP contribution in [0.15, 0.2) is 24.3 Å². The maximum Gasteiger partial charge on any atom is 0.0142 e. The predicted molar refractivity (Wildman–Crippen MR) is 83.9 cm³/mol. The highest BCUT2D eigenvalue weighted by Gasteiger charge is 2.42. The lowest BCUT2D eigenvalue weighted by molar-refractivity contribution is 0.254. The van der Waals surface area contributed by atoms with Gasteiger partial charge in [-0.3, -0.25) is 0 Å². The number of fused-ring (bicyclic) bond motifs is 3. The van der Waals surface area contributed by atoms with E-state index in [9.17, 15) is 0 Å². The SMILES string of the molecule is CCNC(CC1CC2CCC1C2)C1Cc2ccccc21. The molecule has 1 heteroatoms. The molecule has 5 unspecified atom stereocenters. The number of benzene rings is 1. The fourth-order valence-corrected chi connectivity index (χ4v) is 5.30. The summed E-state index contributed by atoms with van der Waals surface area (Å²) in [6.07, 6.45) is 8.85. The zero-order valence-electron chi connectivity index (χ0n) is 12.6. The lowest BCUT2D eigenvalue weighted by Gasteiger charge is -2.39. The molecule has 1 N–H and O–H groups in total. The second kappa shape index (κ2) is 5.18. The van der Waals surface area contributed by atoms with Crippen molar-refractivity contribution in [1.82, 2.24) is 5.32 Å². The van der Waals surface area contributed by atoms with Gasteiger partial charge in [-0.05, 0) is 67.5 Å². The molecule has 4 rings (SSSR count). The average molecular weight is 269 g/mol. The van der Waals surface area contributed by atoms with Crippen molar-refractivity contribution in [3.63, 3.8) is 0 Å². The zero-order valence-corrected chi connectivity index (χ0v) is 12.6. The van der Waals surface area contributed by atoms with E-state index in [0.29, 0.717) is 0 Å². The highest BCUT2D eigenvalue weighted by atomic mass is 14.9. The minimum absolute atomic E-state index is 0.722. The van der Waals surface area contributed by atoms with Gasteiger partial charge < -0.3 is 5.32 Å². The van der Waals surface area contributed by atoms with Crippen LogP contribution in [0.4, 0.5) is 0 Å². The van der Waals surface area contributed by atoms with Gasteiger partial charge in [0.05, 0.1) is 0 Å². The fraction of sp³-hybridized carbons (Fsp3) is 0.684. The Bertz CT molecular complexity index is 480. The van der Waals surface area contributed by atoms with Gasteiger partial charge in [0.1, 0.15) is 0 Å². The third-order valence-corrected chi connectivity index (χ3v) is 6.29. The van der Waals surface area contributed by atoms with E-state index in [0.717, 1.165) is 36.3 Å². The van der Waals surface area contributed by atoms with Crippen LogP contribution in [0.5, 0.6) is 0 Å². The third kappa shape index (κ3) is 2.11. The van der Waals surface area contributed by atoms with Crippen LogP contribution in [-0.4, -0.2) is 12.6 Å². The minimum Gasteiger partial charge on any atom is -0.314 e. The molecule has 108 valence electrons. The quantitative estimate of drug-likeness (QED) is 0.847. The molecule has 0 heterocycles. The van der Waals surface area contributed by atoms with E-state index >= 15 is 0 Å². The van der Waals surface area contributed by atoms with Gasteiger partial charge in [0.15, 0.2) is 0 Å². The van der Waals surface area contributed by atoms with Gasteiger partial charge in [0.2, 0.25) is 0 Å². The van der Waals surface area contributed by atoms with E-state index in [2.05, 4.69) is 36.5 Å². The molecule has 1 aromatic rings. The molecule has 0 aromatic heterocycles. The summed E-state index contributed by atoms with van der Waals surface area (Å²) in [6, 6.07) is 9.79. The standard InChI is InChI=1S/C19H27N/c1-2-20-19(12-16-10-13-7-8-14(16)9-13)18-11-15-5-3-4-6-17(15)18/h3-6,13-14,16,18-20H,2,7-12H2,1H3. The molecule has 0 amide bonds. The smallest absolute Gasteiger partial charge is 0.0142 e. The summed E-state index contributed by atoms with van der Waals surface area (Å²) in [5.74, 6) is 3.95. The van der Waals surface area contributed by atoms with Crippen LogP contribution in [-0.2, 0) is 6.42 Å². The largest absolute Gasteiger partial charge is 0.314 e. The Morgan fingerprint density at radius 1 is 1.20 bits per heavy atom. The van der Waals surface area contributed by atoms with Crippen molar-refractivity contribution in [3.8, 4) is 0 Å². The minimum atomic E-state index is 0.722. The van der Waals surface area contributed by atoms with Crippen molar-refractivity contribution in [2.75, 3.05) is 6.54 Å². The molecule has 0 radical (unpaired) electrons. The first-order valence-electron chi connectivity index (χ1n) is 8.66. The van der Waals surface area contributed by atoms with Crippen molar-refractivity contribution < 1.29 is 0 Å². The van der Waals surface area contributed by atoms with Gasteiger partial charge in [-0.15, -0.1) is 0 Å². The maximum absolute atomic E-state index is 3.81. The highest BCUT2D eigenvalue weighted by molar-refractivity contribution is 5.41. The number of nitrogens with one attached hydrogen (secondary N) is 1. The Kier molecular flexibility index (Phi) is 3.34. The number of likely N-dealkylation sites (N-methyl/N-ethyl adjacent to an activating group) is 1. The van der Waals surface area contributed by atoms with Crippen LogP contribution in [0, 0.1) is 17.8 Å². The first-order chi connectivity index (χ1) is 9.85. The van der Waals surface area contributed by atoms with Crippen LogP contribution >= 0.6 is 0 Å². The van der Waals surface area contributed by atoms with Crippen molar-refractivity contribution in [2.45, 2.75) is 57.4 Å². The molecule has 2 fully saturated rings. The first-order valence-corrected chi connectivity index (χ1v) is 8.66. The van der Waals surface area contributed by atoms with Crippen molar-refractivity contribution in [2.24, 2.45) is 17.8 Å². The van der Waals surface area contributed by atoms with Gasteiger partial charge in [-0.1, -0.05) is 37.6 Å². The summed E-state index contributed by atoms with van der Waals surface area (Å²) in [7, 11) is 0. The molecule has 3 aliphatic rings. The molecular weight excluding hydrogens is 242 g/mol. The molecule has 0 spiro atoms. The summed E-state index contributed by atoms with van der Waals surface area (Å²) in [4.78, 5) is 0. The Labute approximate surface area is 123 Å². The van der Waals surface area contributed by atoms with E-state index in [1.165, 1.54) is 32.1 Å². The van der Waals surface area contributed by atoms with E-state index < -0.39 is 0 Å². The van der Waals surface area contributed by atoms with Gasteiger partial charge >= 0.3 is 0 Å². The van der Waals surface area contributed by atoms with E-state index in [4.69, 9.17) is 0 Å². The molecule has 1 aromatic carbocycles. The predicted octanol–water partition coefficient (Wildman–Crippen LogP) is 4.13. The van der Waals surface area contributed by atoms with Gasteiger partial charge in [0, 0.05) is 12.0 Å². The Morgan fingerprint density at radius 2 is 2.10 bits per heavy atom. The third-order valence-electron chi connectivity index (χ3n) is 6.29. The average Bonchev–Trinajstić information content (AvgIpc) is 3.03. The van der Waals surface area contributed by atoms with Crippen molar-refractivity contribution >= 4 is 0 Å². The Morgan fingerprint density at radius 3 is 2.80 bits per heavy atom. The number of hydrogen-bond donors (Lipinski definition) is 1. The summed E-state index contributed by atoms with van der Waals surface area (Å²) in [5.41, 5.74) is 3.22. The Balaban J connectivity index is 1.46. The number of rotatable bonds is 5. The van der Waals surface area contributed by atoms with Crippen LogP contribution in [0.1, 0.15) is 56.1 Å². The Hall–Kier alpha value is -0.820. The molecule has 20 heavy (non-hydrogen) atoms. The second-order valence-electron chi connectivity index (χ2n) is 7.34. The van der Waals surface area contributed by atoms with Crippen LogP contribution in [0.2, 0.25) is 0 Å². The highest BCUT2D eigenvalue weighted by Crippen LogP contribution is 2.51. The fourth-order valence-electron chi connectivity index (χ4n) is 5.30. The normalized spacial score (nSPS) is 35.6. The maximum atomic E-state index is 3.81. The van der Waals surface area contributed by atoms with Crippen molar-refractivity contribution in [1.29, 1.82) is 0 Å². The van der Waals surface area contributed by atoms with E-state index in [1.807, 2.05) is 0 Å².